The second kappa shape index (κ2) is 5.21. The van der Waals surface area contributed by atoms with Gasteiger partial charge in [0.2, 0.25) is 0 Å². The maximum atomic E-state index is 11.9. The molecule has 96 valence electrons. The third kappa shape index (κ3) is 2.23. The van der Waals surface area contributed by atoms with Gasteiger partial charge in [-0.15, -0.1) is 0 Å². The molecule has 0 saturated heterocycles. The van der Waals surface area contributed by atoms with Crippen molar-refractivity contribution in [2.24, 2.45) is 0 Å². The molecule has 4 heteroatoms. The zero-order valence-electron chi connectivity index (χ0n) is 10.6. The van der Waals surface area contributed by atoms with E-state index in [1.807, 2.05) is 6.07 Å². The molecule has 1 aliphatic rings. The Morgan fingerprint density at radius 2 is 2.17 bits per heavy atom. The molecule has 0 N–H and O–H groups in total. The first-order valence-electron chi connectivity index (χ1n) is 6.03. The summed E-state index contributed by atoms with van der Waals surface area (Å²) in [4.78, 5) is 23.7. The molecule has 0 aliphatic heterocycles. The van der Waals surface area contributed by atoms with Crippen LogP contribution >= 0.6 is 0 Å². The van der Waals surface area contributed by atoms with Gasteiger partial charge in [0, 0.05) is 6.42 Å². The first-order valence-corrected chi connectivity index (χ1v) is 6.03. The van der Waals surface area contributed by atoms with E-state index in [-0.39, 0.29) is 12.4 Å². The SMILES string of the molecule is CCOC(=O)C1C(=O)CCc2cc(OC)ccc21. The molecule has 0 bridgehead atoms. The predicted octanol–water partition coefficient (Wildman–Crippen LogP) is 1.86. The fourth-order valence-corrected chi connectivity index (χ4v) is 2.27. The topological polar surface area (TPSA) is 52.6 Å². The monoisotopic (exact) mass is 248 g/mol. The van der Waals surface area contributed by atoms with Gasteiger partial charge < -0.3 is 9.47 Å². The molecule has 0 fully saturated rings. The van der Waals surface area contributed by atoms with Gasteiger partial charge in [-0.25, -0.2) is 0 Å². The summed E-state index contributed by atoms with van der Waals surface area (Å²) >= 11 is 0. The number of esters is 1. The van der Waals surface area contributed by atoms with Crippen LogP contribution in [0.25, 0.3) is 0 Å². The van der Waals surface area contributed by atoms with Gasteiger partial charge in [0.05, 0.1) is 13.7 Å². The van der Waals surface area contributed by atoms with E-state index in [4.69, 9.17) is 9.47 Å². The fraction of sp³-hybridized carbons (Fsp3) is 0.429. The predicted molar refractivity (Wildman–Crippen MR) is 65.7 cm³/mol. The van der Waals surface area contributed by atoms with Crippen LogP contribution in [0, 0.1) is 0 Å². The van der Waals surface area contributed by atoms with E-state index < -0.39 is 11.9 Å². The summed E-state index contributed by atoms with van der Waals surface area (Å²) in [5.41, 5.74) is 1.75. The number of methoxy groups -OCH3 is 1. The smallest absolute Gasteiger partial charge is 0.321 e. The van der Waals surface area contributed by atoms with E-state index in [9.17, 15) is 9.59 Å². The van der Waals surface area contributed by atoms with Gasteiger partial charge in [0.25, 0.3) is 0 Å². The number of ketones is 1. The van der Waals surface area contributed by atoms with Crippen LogP contribution in [0.5, 0.6) is 5.75 Å². The highest BCUT2D eigenvalue weighted by atomic mass is 16.5. The summed E-state index contributed by atoms with van der Waals surface area (Å²) in [5, 5.41) is 0. The molecule has 0 saturated carbocycles. The lowest BCUT2D eigenvalue weighted by molar-refractivity contribution is -0.148. The van der Waals surface area contributed by atoms with Crippen molar-refractivity contribution in [1.82, 2.24) is 0 Å². The average molecular weight is 248 g/mol. The number of hydrogen-bond donors (Lipinski definition) is 0. The summed E-state index contributed by atoms with van der Waals surface area (Å²) < 4.78 is 10.1. The highest BCUT2D eigenvalue weighted by molar-refractivity contribution is 6.05. The van der Waals surface area contributed by atoms with Gasteiger partial charge in [-0.2, -0.15) is 0 Å². The minimum absolute atomic E-state index is 0.0638. The molecule has 0 radical (unpaired) electrons. The molecular formula is C14H16O4. The maximum Gasteiger partial charge on any atom is 0.321 e. The van der Waals surface area contributed by atoms with Crippen LogP contribution in [-0.2, 0) is 20.7 Å². The molecule has 1 aromatic rings. The van der Waals surface area contributed by atoms with Crippen LogP contribution in [0.15, 0.2) is 18.2 Å². The first kappa shape index (κ1) is 12.6. The van der Waals surface area contributed by atoms with E-state index in [2.05, 4.69) is 0 Å². The fourth-order valence-electron chi connectivity index (χ4n) is 2.27. The first-order chi connectivity index (χ1) is 8.67. The maximum absolute atomic E-state index is 11.9. The summed E-state index contributed by atoms with van der Waals surface area (Å²) in [6, 6.07) is 5.43. The third-order valence-electron chi connectivity index (χ3n) is 3.15. The Bertz CT molecular complexity index is 479. The highest BCUT2D eigenvalue weighted by Crippen LogP contribution is 2.32. The number of rotatable bonds is 3. The number of hydrogen-bond acceptors (Lipinski definition) is 4. The summed E-state index contributed by atoms with van der Waals surface area (Å²) in [6.45, 7) is 2.02. The molecular weight excluding hydrogens is 232 g/mol. The number of carbonyl (C=O) groups is 2. The summed E-state index contributed by atoms with van der Waals surface area (Å²) in [7, 11) is 1.60. The lowest BCUT2D eigenvalue weighted by Crippen LogP contribution is -2.28. The Morgan fingerprint density at radius 3 is 2.83 bits per heavy atom. The lowest BCUT2D eigenvalue weighted by atomic mass is 9.82. The van der Waals surface area contributed by atoms with Crippen molar-refractivity contribution in [3.8, 4) is 5.75 Å². The van der Waals surface area contributed by atoms with Crippen LogP contribution in [-0.4, -0.2) is 25.5 Å². The standard InChI is InChI=1S/C14H16O4/c1-3-18-14(16)13-11-6-5-10(17-2)8-9(11)4-7-12(13)15/h5-6,8,13H,3-4,7H2,1-2H3. The number of Topliss-reactive ketones (excluding diaryl/α,β-unsaturated/α-hetero) is 1. The molecule has 0 amide bonds. The number of carbonyl (C=O) groups excluding carboxylic acids is 2. The molecule has 0 aromatic heterocycles. The Hall–Kier alpha value is -1.84. The van der Waals surface area contributed by atoms with Crippen molar-refractivity contribution in [2.45, 2.75) is 25.7 Å². The quantitative estimate of drug-likeness (QED) is 0.605. The molecule has 18 heavy (non-hydrogen) atoms. The minimum Gasteiger partial charge on any atom is -0.497 e. The normalized spacial score (nSPS) is 18.1. The van der Waals surface area contributed by atoms with Crippen LogP contribution in [0.4, 0.5) is 0 Å². The van der Waals surface area contributed by atoms with Crippen molar-refractivity contribution in [3.05, 3.63) is 29.3 Å². The van der Waals surface area contributed by atoms with Gasteiger partial charge in [0.1, 0.15) is 11.7 Å². The number of benzene rings is 1. The van der Waals surface area contributed by atoms with E-state index in [0.29, 0.717) is 12.8 Å². The van der Waals surface area contributed by atoms with Crippen LogP contribution in [0.1, 0.15) is 30.4 Å². The van der Waals surface area contributed by atoms with Crippen molar-refractivity contribution in [1.29, 1.82) is 0 Å². The molecule has 1 atom stereocenters. The van der Waals surface area contributed by atoms with Crippen molar-refractivity contribution in [3.63, 3.8) is 0 Å². The van der Waals surface area contributed by atoms with Crippen LogP contribution in [0.2, 0.25) is 0 Å². The van der Waals surface area contributed by atoms with E-state index in [1.165, 1.54) is 0 Å². The Kier molecular flexibility index (Phi) is 3.65. The van der Waals surface area contributed by atoms with E-state index >= 15 is 0 Å². The zero-order chi connectivity index (χ0) is 13.1. The summed E-state index contributed by atoms with van der Waals surface area (Å²) in [6.07, 6.45) is 1.03. The molecule has 2 rings (SSSR count). The Morgan fingerprint density at radius 1 is 1.39 bits per heavy atom. The van der Waals surface area contributed by atoms with E-state index in [0.717, 1.165) is 16.9 Å². The van der Waals surface area contributed by atoms with E-state index in [1.54, 1.807) is 26.2 Å². The van der Waals surface area contributed by atoms with Gasteiger partial charge in [-0.1, -0.05) is 6.07 Å². The van der Waals surface area contributed by atoms with Gasteiger partial charge in [-0.3, -0.25) is 9.59 Å². The minimum atomic E-state index is -0.764. The van der Waals surface area contributed by atoms with Gasteiger partial charge in [-0.05, 0) is 36.6 Å². The zero-order valence-corrected chi connectivity index (χ0v) is 10.6. The molecule has 1 aliphatic carbocycles. The van der Waals surface area contributed by atoms with Crippen molar-refractivity contribution < 1.29 is 19.1 Å². The summed E-state index contributed by atoms with van der Waals surface area (Å²) in [5.74, 6) is -0.537. The molecule has 1 aromatic carbocycles. The number of aryl methyl sites for hydroxylation is 1. The largest absolute Gasteiger partial charge is 0.497 e. The van der Waals surface area contributed by atoms with Crippen molar-refractivity contribution >= 4 is 11.8 Å². The second-order valence-electron chi connectivity index (χ2n) is 4.22. The molecule has 1 unspecified atom stereocenters. The highest BCUT2D eigenvalue weighted by Gasteiger charge is 2.34. The molecule has 0 heterocycles. The van der Waals surface area contributed by atoms with Crippen LogP contribution in [0.3, 0.4) is 0 Å². The molecule has 0 spiro atoms. The third-order valence-corrected chi connectivity index (χ3v) is 3.15. The Balaban J connectivity index is 2.38. The van der Waals surface area contributed by atoms with Crippen molar-refractivity contribution in [2.75, 3.05) is 13.7 Å². The Labute approximate surface area is 106 Å². The number of fused-ring (bicyclic) bond motifs is 1. The second-order valence-corrected chi connectivity index (χ2v) is 4.22. The average Bonchev–Trinajstić information content (AvgIpc) is 2.38. The van der Waals surface area contributed by atoms with Crippen LogP contribution < -0.4 is 4.74 Å². The molecule has 4 nitrogen and oxygen atoms in total. The van der Waals surface area contributed by atoms with Gasteiger partial charge in [0.15, 0.2) is 5.78 Å². The van der Waals surface area contributed by atoms with Gasteiger partial charge >= 0.3 is 5.97 Å². The number of ether oxygens (including phenoxy) is 2. The lowest BCUT2D eigenvalue weighted by Gasteiger charge is -2.23.